The molecule has 94 valence electrons. The Kier molecular flexibility index (Phi) is 2.64. The number of imidazole rings is 1. The fourth-order valence-corrected chi connectivity index (χ4v) is 2.27. The van der Waals surface area contributed by atoms with Crippen LogP contribution >= 0.6 is 11.6 Å². The number of hydrogen-bond acceptors (Lipinski definition) is 2. The van der Waals surface area contributed by atoms with Crippen LogP contribution in [0.2, 0.25) is 5.02 Å². The lowest BCUT2D eigenvalue weighted by molar-refractivity contribution is 0.628. The van der Waals surface area contributed by atoms with E-state index in [0.29, 0.717) is 6.54 Å². The average Bonchev–Trinajstić information content (AvgIpc) is 3.02. The summed E-state index contributed by atoms with van der Waals surface area (Å²) in [6, 6.07) is 4.63. The molecule has 1 aromatic carbocycles. The van der Waals surface area contributed by atoms with Crippen molar-refractivity contribution in [1.82, 2.24) is 9.97 Å². The third kappa shape index (κ3) is 1.82. The third-order valence-electron chi connectivity index (χ3n) is 3.55. The monoisotopic (exact) mass is 265 g/mol. The zero-order chi connectivity index (χ0) is 12.8. The number of nitrogens with two attached hydrogens (primary N) is 1. The van der Waals surface area contributed by atoms with E-state index in [9.17, 15) is 4.39 Å². The van der Waals surface area contributed by atoms with Crippen LogP contribution in [0.5, 0.6) is 0 Å². The summed E-state index contributed by atoms with van der Waals surface area (Å²) in [6.07, 6.45) is 3.88. The Bertz CT molecular complexity index is 590. The van der Waals surface area contributed by atoms with E-state index in [-0.39, 0.29) is 10.4 Å². The average molecular weight is 266 g/mol. The molecular formula is C13H13ClFN3. The van der Waals surface area contributed by atoms with E-state index >= 15 is 0 Å². The summed E-state index contributed by atoms with van der Waals surface area (Å²) in [5, 5.41) is 0.114. The van der Waals surface area contributed by atoms with Gasteiger partial charge >= 0.3 is 0 Å². The van der Waals surface area contributed by atoms with Crippen LogP contribution in [0.1, 0.15) is 18.7 Å². The van der Waals surface area contributed by atoms with Gasteiger partial charge in [0.25, 0.3) is 0 Å². The first-order valence-corrected chi connectivity index (χ1v) is 6.23. The SMILES string of the molecule is NCC1(c2ncc(-c3ccc(F)c(Cl)c3)[nH]2)CC1. The summed E-state index contributed by atoms with van der Waals surface area (Å²) in [6.45, 7) is 0.601. The molecule has 1 heterocycles. The minimum Gasteiger partial charge on any atom is -0.342 e. The van der Waals surface area contributed by atoms with Crippen LogP contribution in [-0.2, 0) is 5.41 Å². The van der Waals surface area contributed by atoms with Crippen LogP contribution in [0.15, 0.2) is 24.4 Å². The van der Waals surface area contributed by atoms with Crippen LogP contribution < -0.4 is 5.73 Å². The molecule has 0 atom stereocenters. The van der Waals surface area contributed by atoms with Gasteiger partial charge in [-0.2, -0.15) is 0 Å². The van der Waals surface area contributed by atoms with E-state index in [1.165, 1.54) is 6.07 Å². The predicted molar refractivity (Wildman–Crippen MR) is 69.0 cm³/mol. The molecule has 0 aliphatic heterocycles. The van der Waals surface area contributed by atoms with E-state index in [4.69, 9.17) is 17.3 Å². The fraction of sp³-hybridized carbons (Fsp3) is 0.308. The Hall–Kier alpha value is -1.39. The maximum absolute atomic E-state index is 13.1. The van der Waals surface area contributed by atoms with E-state index in [0.717, 1.165) is 29.9 Å². The number of hydrogen-bond donors (Lipinski definition) is 2. The molecule has 3 nitrogen and oxygen atoms in total. The molecule has 0 bridgehead atoms. The maximum atomic E-state index is 13.1. The van der Waals surface area contributed by atoms with Gasteiger partial charge < -0.3 is 10.7 Å². The van der Waals surface area contributed by atoms with Crippen LogP contribution in [0.25, 0.3) is 11.3 Å². The normalized spacial score (nSPS) is 16.8. The second-order valence-corrected chi connectivity index (χ2v) is 5.17. The molecule has 0 radical (unpaired) electrons. The Morgan fingerprint density at radius 3 is 2.83 bits per heavy atom. The topological polar surface area (TPSA) is 54.7 Å². The van der Waals surface area contributed by atoms with Gasteiger partial charge in [0.2, 0.25) is 0 Å². The van der Waals surface area contributed by atoms with Gasteiger partial charge in [0.05, 0.1) is 16.9 Å². The van der Waals surface area contributed by atoms with Crippen molar-refractivity contribution in [1.29, 1.82) is 0 Å². The molecule has 2 aromatic rings. The number of H-pyrrole nitrogens is 1. The summed E-state index contributed by atoms with van der Waals surface area (Å²) < 4.78 is 13.1. The summed E-state index contributed by atoms with van der Waals surface area (Å²) >= 11 is 5.77. The van der Waals surface area contributed by atoms with Crippen molar-refractivity contribution >= 4 is 11.6 Å². The lowest BCUT2D eigenvalue weighted by Gasteiger charge is -2.07. The number of aromatic nitrogens is 2. The first-order chi connectivity index (χ1) is 8.64. The molecule has 18 heavy (non-hydrogen) atoms. The van der Waals surface area contributed by atoms with E-state index in [1.54, 1.807) is 18.3 Å². The van der Waals surface area contributed by atoms with Gasteiger partial charge in [-0.05, 0) is 31.0 Å². The zero-order valence-electron chi connectivity index (χ0n) is 9.71. The first-order valence-electron chi connectivity index (χ1n) is 5.86. The quantitative estimate of drug-likeness (QED) is 0.897. The molecule has 0 spiro atoms. The number of rotatable bonds is 3. The Morgan fingerprint density at radius 2 is 2.22 bits per heavy atom. The van der Waals surface area contributed by atoms with Gasteiger partial charge in [-0.1, -0.05) is 11.6 Å². The zero-order valence-corrected chi connectivity index (χ0v) is 10.5. The largest absolute Gasteiger partial charge is 0.342 e. The number of aromatic amines is 1. The fourth-order valence-electron chi connectivity index (χ4n) is 2.09. The Balaban J connectivity index is 1.95. The molecule has 3 N–H and O–H groups in total. The number of nitrogens with zero attached hydrogens (tertiary/aromatic N) is 1. The molecule has 1 aliphatic rings. The molecule has 0 saturated heterocycles. The van der Waals surface area contributed by atoms with Gasteiger partial charge in [0, 0.05) is 17.5 Å². The number of nitrogens with one attached hydrogen (secondary N) is 1. The third-order valence-corrected chi connectivity index (χ3v) is 3.84. The van der Waals surface area contributed by atoms with Crippen molar-refractivity contribution < 1.29 is 4.39 Å². The van der Waals surface area contributed by atoms with Gasteiger partial charge in [-0.25, -0.2) is 9.37 Å². The summed E-state index contributed by atoms with van der Waals surface area (Å²) in [7, 11) is 0. The highest BCUT2D eigenvalue weighted by Gasteiger charge is 2.45. The standard InChI is InChI=1S/C13H13ClFN3/c14-9-5-8(1-2-10(9)15)11-6-17-12(18-11)13(7-16)3-4-13/h1-2,5-6H,3-4,7,16H2,(H,17,18). The van der Waals surface area contributed by atoms with Crippen LogP contribution in [0, 0.1) is 5.82 Å². The predicted octanol–water partition coefficient (Wildman–Crippen LogP) is 2.86. The molecule has 1 saturated carbocycles. The van der Waals surface area contributed by atoms with Gasteiger partial charge in [-0.15, -0.1) is 0 Å². The van der Waals surface area contributed by atoms with Gasteiger partial charge in [0.15, 0.2) is 0 Å². The highest BCUT2D eigenvalue weighted by Crippen LogP contribution is 2.46. The molecular weight excluding hydrogens is 253 g/mol. The van der Waals surface area contributed by atoms with Gasteiger partial charge in [0.1, 0.15) is 11.6 Å². The molecule has 1 aromatic heterocycles. The van der Waals surface area contributed by atoms with Crippen LogP contribution in [-0.4, -0.2) is 16.5 Å². The summed E-state index contributed by atoms with van der Waals surface area (Å²) in [5.41, 5.74) is 7.46. The molecule has 1 fully saturated rings. The molecule has 3 rings (SSSR count). The molecule has 1 aliphatic carbocycles. The molecule has 5 heteroatoms. The minimum absolute atomic E-state index is 0.0298. The number of halogens is 2. The van der Waals surface area contributed by atoms with Crippen LogP contribution in [0.3, 0.4) is 0 Å². The number of benzene rings is 1. The second-order valence-electron chi connectivity index (χ2n) is 4.76. The summed E-state index contributed by atoms with van der Waals surface area (Å²) in [4.78, 5) is 7.63. The Morgan fingerprint density at radius 1 is 1.44 bits per heavy atom. The van der Waals surface area contributed by atoms with E-state index in [2.05, 4.69) is 9.97 Å². The van der Waals surface area contributed by atoms with Crippen molar-refractivity contribution in [3.05, 3.63) is 41.1 Å². The Labute approximate surface area is 109 Å². The maximum Gasteiger partial charge on any atom is 0.141 e. The highest BCUT2D eigenvalue weighted by molar-refractivity contribution is 6.31. The van der Waals surface area contributed by atoms with Crippen molar-refractivity contribution in [2.45, 2.75) is 18.3 Å². The van der Waals surface area contributed by atoms with Crippen molar-refractivity contribution in [2.24, 2.45) is 5.73 Å². The second kappa shape index (κ2) is 4.07. The smallest absolute Gasteiger partial charge is 0.141 e. The lowest BCUT2D eigenvalue weighted by Crippen LogP contribution is -2.21. The van der Waals surface area contributed by atoms with Crippen molar-refractivity contribution in [3.63, 3.8) is 0 Å². The minimum atomic E-state index is -0.416. The molecule has 0 unspecified atom stereocenters. The van der Waals surface area contributed by atoms with E-state index in [1.807, 2.05) is 0 Å². The highest BCUT2D eigenvalue weighted by atomic mass is 35.5. The van der Waals surface area contributed by atoms with Gasteiger partial charge in [-0.3, -0.25) is 0 Å². The molecule has 0 amide bonds. The van der Waals surface area contributed by atoms with Crippen LogP contribution in [0.4, 0.5) is 4.39 Å². The van der Waals surface area contributed by atoms with Crippen molar-refractivity contribution in [3.8, 4) is 11.3 Å². The first kappa shape index (κ1) is 11.7. The summed E-state index contributed by atoms with van der Waals surface area (Å²) in [5.74, 6) is 0.501. The van der Waals surface area contributed by atoms with E-state index < -0.39 is 5.82 Å². The van der Waals surface area contributed by atoms with Crippen molar-refractivity contribution in [2.75, 3.05) is 6.54 Å². The lowest BCUT2D eigenvalue weighted by atomic mass is 10.1.